The molecule has 0 saturated heterocycles. The zero-order valence-corrected chi connectivity index (χ0v) is 7.23. The third-order valence-corrected chi connectivity index (χ3v) is 2.07. The molecular formula is C7H7BrFNO. The van der Waals surface area contributed by atoms with Crippen molar-refractivity contribution in [3.63, 3.8) is 0 Å². The predicted molar refractivity (Wildman–Crippen MR) is 43.7 cm³/mol. The number of phenols is 1. The first-order valence-corrected chi connectivity index (χ1v) is 3.81. The van der Waals surface area contributed by atoms with Gasteiger partial charge in [0.2, 0.25) is 0 Å². The Balaban J connectivity index is 3.21. The number of phenolic OH excluding ortho intramolecular Hbond substituents is 1. The van der Waals surface area contributed by atoms with E-state index in [-0.39, 0.29) is 12.3 Å². The fourth-order valence-electron chi connectivity index (χ4n) is 0.734. The fourth-order valence-corrected chi connectivity index (χ4v) is 1.23. The molecule has 11 heavy (non-hydrogen) atoms. The second-order valence-corrected chi connectivity index (χ2v) is 2.95. The van der Waals surface area contributed by atoms with Crippen LogP contribution in [0.3, 0.4) is 0 Å². The molecule has 0 aliphatic heterocycles. The quantitative estimate of drug-likeness (QED) is 0.757. The lowest BCUT2D eigenvalue weighted by Gasteiger charge is -2.01. The Morgan fingerprint density at radius 3 is 2.73 bits per heavy atom. The molecule has 0 bridgehead atoms. The second kappa shape index (κ2) is 3.19. The van der Waals surface area contributed by atoms with Crippen molar-refractivity contribution in [3.8, 4) is 5.75 Å². The summed E-state index contributed by atoms with van der Waals surface area (Å²) in [6.07, 6.45) is 0. The molecule has 3 N–H and O–H groups in total. The second-order valence-electron chi connectivity index (χ2n) is 2.10. The molecular weight excluding hydrogens is 213 g/mol. The van der Waals surface area contributed by atoms with Crippen molar-refractivity contribution in [1.29, 1.82) is 0 Å². The minimum Gasteiger partial charge on any atom is -0.505 e. The lowest BCUT2D eigenvalue weighted by atomic mass is 10.2. The predicted octanol–water partition coefficient (Wildman–Crippen LogP) is 1.75. The van der Waals surface area contributed by atoms with E-state index in [0.717, 1.165) is 0 Å². The molecule has 60 valence electrons. The Morgan fingerprint density at radius 1 is 1.55 bits per heavy atom. The van der Waals surface area contributed by atoms with Crippen LogP contribution in [0.5, 0.6) is 5.75 Å². The summed E-state index contributed by atoms with van der Waals surface area (Å²) in [5.74, 6) is -1.01. The van der Waals surface area contributed by atoms with Gasteiger partial charge in [0.1, 0.15) is 0 Å². The van der Waals surface area contributed by atoms with Gasteiger partial charge in [0.05, 0.1) is 0 Å². The minimum absolute atomic E-state index is 0.248. The van der Waals surface area contributed by atoms with Crippen LogP contribution in [0.4, 0.5) is 4.39 Å². The summed E-state index contributed by atoms with van der Waals surface area (Å²) < 4.78 is 13.2. The Hall–Kier alpha value is -0.610. The molecule has 4 heteroatoms. The third kappa shape index (κ3) is 1.70. The summed E-state index contributed by atoms with van der Waals surface area (Å²) in [7, 11) is 0. The van der Waals surface area contributed by atoms with E-state index in [1.165, 1.54) is 12.1 Å². The lowest BCUT2D eigenvalue weighted by Crippen LogP contribution is -1.97. The average molecular weight is 220 g/mol. The molecule has 0 unspecified atom stereocenters. The zero-order chi connectivity index (χ0) is 8.43. The van der Waals surface area contributed by atoms with Gasteiger partial charge in [0.25, 0.3) is 0 Å². The minimum atomic E-state index is -0.645. The van der Waals surface area contributed by atoms with Crippen LogP contribution < -0.4 is 5.73 Å². The largest absolute Gasteiger partial charge is 0.505 e. The van der Waals surface area contributed by atoms with E-state index in [9.17, 15) is 4.39 Å². The van der Waals surface area contributed by atoms with E-state index in [1.807, 2.05) is 0 Å². The number of rotatable bonds is 1. The van der Waals surface area contributed by atoms with Crippen molar-refractivity contribution in [2.24, 2.45) is 5.73 Å². The Morgan fingerprint density at radius 2 is 2.18 bits per heavy atom. The highest BCUT2D eigenvalue weighted by Crippen LogP contribution is 2.24. The van der Waals surface area contributed by atoms with E-state index in [2.05, 4.69) is 15.9 Å². The van der Waals surface area contributed by atoms with Crippen molar-refractivity contribution in [2.75, 3.05) is 0 Å². The first kappa shape index (κ1) is 8.49. The van der Waals surface area contributed by atoms with Gasteiger partial charge in [-0.1, -0.05) is 15.9 Å². The highest BCUT2D eigenvalue weighted by molar-refractivity contribution is 9.10. The van der Waals surface area contributed by atoms with Crippen LogP contribution in [0, 0.1) is 5.82 Å². The van der Waals surface area contributed by atoms with Crippen molar-refractivity contribution in [2.45, 2.75) is 6.54 Å². The van der Waals surface area contributed by atoms with E-state index < -0.39 is 5.82 Å². The van der Waals surface area contributed by atoms with Gasteiger partial charge < -0.3 is 10.8 Å². The van der Waals surface area contributed by atoms with Gasteiger partial charge in [0.15, 0.2) is 11.6 Å². The maximum absolute atomic E-state index is 12.6. The molecule has 0 saturated carbocycles. The number of hydrogen-bond acceptors (Lipinski definition) is 2. The number of halogens is 2. The summed E-state index contributed by atoms with van der Waals surface area (Å²) in [4.78, 5) is 0. The van der Waals surface area contributed by atoms with E-state index in [0.29, 0.717) is 10.0 Å². The number of aromatic hydroxyl groups is 1. The molecule has 0 aliphatic rings. The standard InChI is InChI=1S/C7H7BrFNO/c8-5-2-7(11)6(9)1-4(5)3-10/h1-2,11H,3,10H2. The normalized spacial score (nSPS) is 10.1. The van der Waals surface area contributed by atoms with E-state index >= 15 is 0 Å². The van der Waals surface area contributed by atoms with Crippen LogP contribution in [-0.4, -0.2) is 5.11 Å². The van der Waals surface area contributed by atoms with Crippen molar-refractivity contribution < 1.29 is 9.50 Å². The summed E-state index contributed by atoms with van der Waals surface area (Å²) >= 11 is 3.13. The SMILES string of the molecule is NCc1cc(F)c(O)cc1Br. The monoisotopic (exact) mass is 219 g/mol. The van der Waals surface area contributed by atoms with Crippen LogP contribution in [-0.2, 0) is 6.54 Å². The highest BCUT2D eigenvalue weighted by atomic mass is 79.9. The van der Waals surface area contributed by atoms with Gasteiger partial charge >= 0.3 is 0 Å². The topological polar surface area (TPSA) is 46.2 Å². The summed E-state index contributed by atoms with van der Waals surface area (Å²) in [5.41, 5.74) is 5.93. The first-order chi connectivity index (χ1) is 5.15. The van der Waals surface area contributed by atoms with E-state index in [4.69, 9.17) is 10.8 Å². The Bertz CT molecular complexity index is 277. The Labute approximate surface area is 72.0 Å². The molecule has 0 fully saturated rings. The number of benzene rings is 1. The lowest BCUT2D eigenvalue weighted by molar-refractivity contribution is 0.431. The molecule has 1 aromatic carbocycles. The summed E-state index contributed by atoms with van der Waals surface area (Å²) in [6, 6.07) is 2.50. The average Bonchev–Trinajstić information content (AvgIpc) is 1.97. The van der Waals surface area contributed by atoms with Gasteiger partial charge in [0, 0.05) is 11.0 Å². The number of hydrogen-bond donors (Lipinski definition) is 2. The van der Waals surface area contributed by atoms with Gasteiger partial charge in [-0.2, -0.15) is 0 Å². The molecule has 0 atom stereocenters. The van der Waals surface area contributed by atoms with Crippen molar-refractivity contribution >= 4 is 15.9 Å². The molecule has 0 radical (unpaired) electrons. The first-order valence-electron chi connectivity index (χ1n) is 3.02. The van der Waals surface area contributed by atoms with Gasteiger partial charge in [-0.05, 0) is 17.7 Å². The van der Waals surface area contributed by atoms with Gasteiger partial charge in [-0.15, -0.1) is 0 Å². The smallest absolute Gasteiger partial charge is 0.165 e. The molecule has 1 aromatic rings. The zero-order valence-electron chi connectivity index (χ0n) is 5.64. The van der Waals surface area contributed by atoms with Crippen LogP contribution in [0.25, 0.3) is 0 Å². The van der Waals surface area contributed by atoms with Crippen LogP contribution in [0.2, 0.25) is 0 Å². The number of nitrogens with two attached hydrogens (primary N) is 1. The molecule has 0 aliphatic carbocycles. The molecule has 0 aromatic heterocycles. The van der Waals surface area contributed by atoms with Crippen LogP contribution >= 0.6 is 15.9 Å². The maximum atomic E-state index is 12.6. The molecule has 0 amide bonds. The van der Waals surface area contributed by atoms with Crippen LogP contribution in [0.15, 0.2) is 16.6 Å². The third-order valence-electron chi connectivity index (χ3n) is 1.34. The molecule has 0 spiro atoms. The highest BCUT2D eigenvalue weighted by Gasteiger charge is 2.04. The van der Waals surface area contributed by atoms with Gasteiger partial charge in [-0.25, -0.2) is 4.39 Å². The van der Waals surface area contributed by atoms with Crippen LogP contribution in [0.1, 0.15) is 5.56 Å². The van der Waals surface area contributed by atoms with Crippen molar-refractivity contribution in [3.05, 3.63) is 28.0 Å². The summed E-state index contributed by atoms with van der Waals surface area (Å²) in [5, 5.41) is 8.87. The summed E-state index contributed by atoms with van der Waals surface area (Å²) in [6.45, 7) is 0.248. The fraction of sp³-hybridized carbons (Fsp3) is 0.143. The van der Waals surface area contributed by atoms with E-state index in [1.54, 1.807) is 0 Å². The maximum Gasteiger partial charge on any atom is 0.165 e. The molecule has 1 rings (SSSR count). The Kier molecular flexibility index (Phi) is 2.46. The van der Waals surface area contributed by atoms with Gasteiger partial charge in [-0.3, -0.25) is 0 Å². The molecule has 2 nitrogen and oxygen atoms in total. The van der Waals surface area contributed by atoms with Crippen molar-refractivity contribution in [1.82, 2.24) is 0 Å². The molecule has 0 heterocycles.